The normalized spacial score (nSPS) is 12.9. The molecule has 0 spiro atoms. The van der Waals surface area contributed by atoms with Gasteiger partial charge in [-0.1, -0.05) is 58.4 Å². The summed E-state index contributed by atoms with van der Waals surface area (Å²) >= 11 is 0. The third-order valence-electron chi connectivity index (χ3n) is 3.35. The van der Waals surface area contributed by atoms with Crippen LogP contribution in [-0.2, 0) is 6.42 Å². The second-order valence-corrected chi connectivity index (χ2v) is 5.80. The van der Waals surface area contributed by atoms with Crippen LogP contribution in [0, 0.1) is 5.92 Å². The van der Waals surface area contributed by atoms with E-state index in [0.717, 1.165) is 19.0 Å². The lowest BCUT2D eigenvalue weighted by atomic mass is 9.97. The van der Waals surface area contributed by atoms with Crippen LogP contribution in [0.1, 0.15) is 57.6 Å². The van der Waals surface area contributed by atoms with Gasteiger partial charge in [0.1, 0.15) is 0 Å². The summed E-state index contributed by atoms with van der Waals surface area (Å²) in [6.07, 6.45) is 3.73. The van der Waals surface area contributed by atoms with Crippen molar-refractivity contribution in [2.75, 3.05) is 13.1 Å². The van der Waals surface area contributed by atoms with Crippen molar-refractivity contribution in [3.05, 3.63) is 35.4 Å². The Labute approximate surface area is 113 Å². The summed E-state index contributed by atoms with van der Waals surface area (Å²) in [4.78, 5) is 0. The van der Waals surface area contributed by atoms with Gasteiger partial charge in [0.25, 0.3) is 0 Å². The summed E-state index contributed by atoms with van der Waals surface area (Å²) in [7, 11) is 0. The highest BCUT2D eigenvalue weighted by molar-refractivity contribution is 5.25. The number of hydrogen-bond acceptors (Lipinski definition) is 1. The SMILES string of the molecule is CCCCNCC(C)c1ccc(CC(C)C)cc1. The van der Waals surface area contributed by atoms with Crippen molar-refractivity contribution in [2.24, 2.45) is 5.92 Å². The molecule has 0 radical (unpaired) electrons. The minimum absolute atomic E-state index is 0.606. The van der Waals surface area contributed by atoms with E-state index in [1.165, 1.54) is 30.4 Å². The Hall–Kier alpha value is -0.820. The van der Waals surface area contributed by atoms with E-state index in [9.17, 15) is 0 Å². The highest BCUT2D eigenvalue weighted by Crippen LogP contribution is 2.16. The Kier molecular flexibility index (Phi) is 7.04. The largest absolute Gasteiger partial charge is 0.316 e. The highest BCUT2D eigenvalue weighted by Gasteiger charge is 2.05. The maximum absolute atomic E-state index is 3.53. The van der Waals surface area contributed by atoms with Crippen LogP contribution in [-0.4, -0.2) is 13.1 Å². The number of benzene rings is 1. The molecule has 0 aliphatic heterocycles. The molecule has 0 fully saturated rings. The van der Waals surface area contributed by atoms with E-state index >= 15 is 0 Å². The van der Waals surface area contributed by atoms with Gasteiger partial charge < -0.3 is 5.32 Å². The fourth-order valence-corrected chi connectivity index (χ4v) is 2.19. The van der Waals surface area contributed by atoms with Crippen LogP contribution < -0.4 is 5.32 Å². The quantitative estimate of drug-likeness (QED) is 0.672. The Morgan fingerprint density at radius 2 is 1.72 bits per heavy atom. The standard InChI is InChI=1S/C17H29N/c1-5-6-11-18-13-15(4)17-9-7-16(8-10-17)12-14(2)3/h7-10,14-15,18H,5-6,11-13H2,1-4H3. The van der Waals surface area contributed by atoms with Crippen LogP contribution in [0.3, 0.4) is 0 Å². The summed E-state index contributed by atoms with van der Waals surface area (Å²) in [5.41, 5.74) is 2.91. The van der Waals surface area contributed by atoms with E-state index in [2.05, 4.69) is 57.3 Å². The van der Waals surface area contributed by atoms with Gasteiger partial charge in [-0.2, -0.15) is 0 Å². The molecule has 0 aromatic heterocycles. The fourth-order valence-electron chi connectivity index (χ4n) is 2.19. The molecule has 102 valence electrons. The average Bonchev–Trinajstić information content (AvgIpc) is 2.34. The third kappa shape index (κ3) is 5.68. The van der Waals surface area contributed by atoms with Gasteiger partial charge in [0.2, 0.25) is 0 Å². The second kappa shape index (κ2) is 8.31. The summed E-state index contributed by atoms with van der Waals surface area (Å²) in [6.45, 7) is 11.3. The smallest absolute Gasteiger partial charge is 0.00174 e. The van der Waals surface area contributed by atoms with Crippen LogP contribution >= 0.6 is 0 Å². The summed E-state index contributed by atoms with van der Waals surface area (Å²) in [5, 5.41) is 3.53. The highest BCUT2D eigenvalue weighted by atomic mass is 14.8. The molecule has 1 aromatic carbocycles. The zero-order chi connectivity index (χ0) is 13.4. The van der Waals surface area contributed by atoms with Gasteiger partial charge in [0.15, 0.2) is 0 Å². The summed E-state index contributed by atoms with van der Waals surface area (Å²) in [5.74, 6) is 1.35. The molecular formula is C17H29N. The average molecular weight is 247 g/mol. The molecule has 0 aliphatic rings. The lowest BCUT2D eigenvalue weighted by molar-refractivity contribution is 0.591. The molecule has 1 unspecified atom stereocenters. The van der Waals surface area contributed by atoms with Crippen LogP contribution in [0.15, 0.2) is 24.3 Å². The van der Waals surface area contributed by atoms with Gasteiger partial charge in [0, 0.05) is 6.54 Å². The van der Waals surface area contributed by atoms with E-state index in [4.69, 9.17) is 0 Å². The van der Waals surface area contributed by atoms with E-state index in [0.29, 0.717) is 5.92 Å². The van der Waals surface area contributed by atoms with Gasteiger partial charge in [-0.05, 0) is 42.3 Å². The van der Waals surface area contributed by atoms with E-state index in [1.54, 1.807) is 0 Å². The third-order valence-corrected chi connectivity index (χ3v) is 3.35. The maximum Gasteiger partial charge on any atom is 0.00174 e. The van der Waals surface area contributed by atoms with Crippen molar-refractivity contribution in [1.82, 2.24) is 5.32 Å². The molecule has 1 aromatic rings. The lowest BCUT2D eigenvalue weighted by Crippen LogP contribution is -2.21. The monoisotopic (exact) mass is 247 g/mol. The lowest BCUT2D eigenvalue weighted by Gasteiger charge is -2.14. The van der Waals surface area contributed by atoms with Crippen molar-refractivity contribution < 1.29 is 0 Å². The molecule has 0 aliphatic carbocycles. The predicted octanol–water partition coefficient (Wildman–Crippen LogP) is 4.38. The molecule has 1 heteroatoms. The molecule has 0 saturated carbocycles. The van der Waals surface area contributed by atoms with E-state index in [1.807, 2.05) is 0 Å². The molecule has 1 rings (SSSR count). The molecule has 1 nitrogen and oxygen atoms in total. The van der Waals surface area contributed by atoms with Gasteiger partial charge in [-0.15, -0.1) is 0 Å². The number of unbranched alkanes of at least 4 members (excludes halogenated alkanes) is 1. The minimum atomic E-state index is 0.606. The van der Waals surface area contributed by atoms with Crippen molar-refractivity contribution in [3.63, 3.8) is 0 Å². The first-order chi connectivity index (χ1) is 8.63. The zero-order valence-corrected chi connectivity index (χ0v) is 12.5. The van der Waals surface area contributed by atoms with Gasteiger partial charge in [0.05, 0.1) is 0 Å². The van der Waals surface area contributed by atoms with Crippen molar-refractivity contribution in [3.8, 4) is 0 Å². The second-order valence-electron chi connectivity index (χ2n) is 5.80. The Morgan fingerprint density at radius 3 is 2.28 bits per heavy atom. The van der Waals surface area contributed by atoms with Gasteiger partial charge in [-0.25, -0.2) is 0 Å². The fraction of sp³-hybridized carbons (Fsp3) is 0.647. The van der Waals surface area contributed by atoms with Crippen LogP contribution in [0.2, 0.25) is 0 Å². The number of nitrogens with one attached hydrogen (secondary N) is 1. The molecule has 1 N–H and O–H groups in total. The first kappa shape index (κ1) is 15.2. The topological polar surface area (TPSA) is 12.0 Å². The number of rotatable bonds is 8. The molecule has 0 saturated heterocycles. The Bertz CT molecular complexity index is 313. The van der Waals surface area contributed by atoms with E-state index in [-0.39, 0.29) is 0 Å². The van der Waals surface area contributed by atoms with E-state index < -0.39 is 0 Å². The molecule has 0 heterocycles. The van der Waals surface area contributed by atoms with Crippen LogP contribution in [0.25, 0.3) is 0 Å². The molecule has 1 atom stereocenters. The Balaban J connectivity index is 2.41. The van der Waals surface area contributed by atoms with Crippen molar-refractivity contribution in [2.45, 2.75) is 52.9 Å². The first-order valence-corrected chi connectivity index (χ1v) is 7.43. The molecule has 0 amide bonds. The molecule has 18 heavy (non-hydrogen) atoms. The maximum atomic E-state index is 3.53. The Morgan fingerprint density at radius 1 is 1.06 bits per heavy atom. The predicted molar refractivity (Wildman–Crippen MR) is 81.2 cm³/mol. The van der Waals surface area contributed by atoms with Gasteiger partial charge >= 0.3 is 0 Å². The van der Waals surface area contributed by atoms with Crippen LogP contribution in [0.4, 0.5) is 0 Å². The van der Waals surface area contributed by atoms with Crippen molar-refractivity contribution in [1.29, 1.82) is 0 Å². The number of hydrogen-bond donors (Lipinski definition) is 1. The zero-order valence-electron chi connectivity index (χ0n) is 12.5. The first-order valence-electron chi connectivity index (χ1n) is 7.43. The minimum Gasteiger partial charge on any atom is -0.316 e. The van der Waals surface area contributed by atoms with Crippen molar-refractivity contribution >= 4 is 0 Å². The molecular weight excluding hydrogens is 218 g/mol. The molecule has 0 bridgehead atoms. The summed E-state index contributed by atoms with van der Waals surface area (Å²) < 4.78 is 0. The van der Waals surface area contributed by atoms with Gasteiger partial charge in [-0.3, -0.25) is 0 Å². The summed E-state index contributed by atoms with van der Waals surface area (Å²) in [6, 6.07) is 9.17. The van der Waals surface area contributed by atoms with Crippen LogP contribution in [0.5, 0.6) is 0 Å².